The highest BCUT2D eigenvalue weighted by Crippen LogP contribution is 2.44. The minimum atomic E-state index is -0.490. The van der Waals surface area contributed by atoms with Crippen molar-refractivity contribution in [3.8, 4) is 11.1 Å². The zero-order chi connectivity index (χ0) is 28.7. The lowest BCUT2D eigenvalue weighted by Crippen LogP contribution is -2.58. The maximum absolute atomic E-state index is 14.1. The number of hydrogen-bond acceptors (Lipinski definition) is 7. The summed E-state index contributed by atoms with van der Waals surface area (Å²) >= 11 is 7.78. The Morgan fingerprint density at radius 2 is 1.98 bits per heavy atom. The second-order valence-electron chi connectivity index (χ2n) is 10.3. The molecule has 8 nitrogen and oxygen atoms in total. The first-order valence-corrected chi connectivity index (χ1v) is 14.5. The molecule has 2 aromatic carbocycles. The van der Waals surface area contributed by atoms with E-state index in [2.05, 4.69) is 16.5 Å². The number of aromatic nitrogens is 2. The Morgan fingerprint density at radius 3 is 2.62 bits per heavy atom. The fourth-order valence-electron chi connectivity index (χ4n) is 5.82. The number of benzene rings is 2. The Hall–Kier alpha value is -2.92. The van der Waals surface area contributed by atoms with E-state index in [0.717, 1.165) is 32.5 Å². The average molecular weight is 587 g/mol. The van der Waals surface area contributed by atoms with Crippen LogP contribution in [0.5, 0.6) is 0 Å². The number of ether oxygens (including phenoxy) is 2. The van der Waals surface area contributed by atoms with Crippen LogP contribution >= 0.6 is 23.4 Å². The lowest BCUT2D eigenvalue weighted by molar-refractivity contribution is -0.130. The third-order valence-corrected chi connectivity index (χ3v) is 8.99. The van der Waals surface area contributed by atoms with Gasteiger partial charge in [0, 0.05) is 53.9 Å². The zero-order valence-corrected chi connectivity index (χ0v) is 24.5. The van der Waals surface area contributed by atoms with E-state index in [1.54, 1.807) is 35.6 Å². The molecule has 0 aliphatic carbocycles. The van der Waals surface area contributed by atoms with Gasteiger partial charge in [0.15, 0.2) is 0 Å². The van der Waals surface area contributed by atoms with Crippen LogP contribution < -0.4 is 10.6 Å². The fraction of sp³-hybridized carbons (Fsp3) is 0.414. The Balaban J connectivity index is 1.71. The second kappa shape index (κ2) is 11.5. The van der Waals surface area contributed by atoms with E-state index in [1.165, 1.54) is 12.1 Å². The molecule has 0 saturated carbocycles. The van der Waals surface area contributed by atoms with E-state index in [9.17, 15) is 14.0 Å². The number of anilines is 1. The second-order valence-corrected chi connectivity index (χ2v) is 11.7. The molecule has 1 aromatic heterocycles. The Kier molecular flexibility index (Phi) is 8.24. The standard InChI is InChI=1S/C29H32ClFN4O4S/c1-6-24(36)35-17(3)11-33(12-18(35)4)28-21-9-16(2)25(19-7-8-23(31)22(30)10-19)27-26(21)34(29(37)32-28)13-20(14-40-27)39-15-38-5/h6-10,17-18,20H,1,11-15H2,2-5H3/t17-,18+,20-/m0/s1. The predicted octanol–water partition coefficient (Wildman–Crippen LogP) is 4.87. The minimum absolute atomic E-state index is 0.0341. The summed E-state index contributed by atoms with van der Waals surface area (Å²) in [6, 6.07) is 6.52. The molecule has 0 spiro atoms. The van der Waals surface area contributed by atoms with Crippen LogP contribution in [0.15, 0.2) is 46.6 Å². The molecule has 3 heterocycles. The van der Waals surface area contributed by atoms with Gasteiger partial charge in [-0.2, -0.15) is 4.98 Å². The van der Waals surface area contributed by atoms with Crippen LogP contribution in [0.25, 0.3) is 22.0 Å². The third-order valence-electron chi connectivity index (χ3n) is 7.47. The number of aryl methyl sites for hydroxylation is 1. The van der Waals surface area contributed by atoms with Crippen molar-refractivity contribution in [1.82, 2.24) is 14.5 Å². The lowest BCUT2D eigenvalue weighted by Gasteiger charge is -2.44. The largest absolute Gasteiger partial charge is 0.359 e. The SMILES string of the molecule is C=CC(=O)N1[C@H](C)CN(c2nc(=O)n3c4c(c(-c5ccc(F)c(Cl)c5)c(C)cc24)SC[C@@H](OCOC)C3)C[C@@H]1C. The summed E-state index contributed by atoms with van der Waals surface area (Å²) < 4.78 is 26.8. The van der Waals surface area contributed by atoms with Gasteiger partial charge in [-0.25, -0.2) is 9.18 Å². The number of hydrogen-bond donors (Lipinski definition) is 0. The van der Waals surface area contributed by atoms with Crippen molar-refractivity contribution in [1.29, 1.82) is 0 Å². The van der Waals surface area contributed by atoms with Crippen LogP contribution in [0.1, 0.15) is 19.4 Å². The van der Waals surface area contributed by atoms with E-state index in [0.29, 0.717) is 31.2 Å². The molecule has 1 fully saturated rings. The van der Waals surface area contributed by atoms with E-state index in [1.807, 2.05) is 31.7 Å². The highest BCUT2D eigenvalue weighted by Gasteiger charge is 2.34. The summed E-state index contributed by atoms with van der Waals surface area (Å²) in [4.78, 5) is 35.6. The molecule has 0 bridgehead atoms. The van der Waals surface area contributed by atoms with Crippen molar-refractivity contribution in [2.24, 2.45) is 0 Å². The van der Waals surface area contributed by atoms with Crippen LogP contribution in [-0.2, 0) is 20.8 Å². The number of halogens is 2. The molecule has 0 radical (unpaired) electrons. The summed E-state index contributed by atoms with van der Waals surface area (Å²) in [5.74, 6) is 0.566. The molecule has 2 aliphatic rings. The molecule has 11 heteroatoms. The van der Waals surface area contributed by atoms with Gasteiger partial charge in [0.1, 0.15) is 18.4 Å². The number of carbonyl (C=O) groups is 1. The lowest BCUT2D eigenvalue weighted by atomic mass is 9.97. The molecule has 5 rings (SSSR count). The molecule has 3 aromatic rings. The summed E-state index contributed by atoms with van der Waals surface area (Å²) in [6.45, 7) is 11.1. The summed E-state index contributed by atoms with van der Waals surface area (Å²) in [5.41, 5.74) is 2.98. The quantitative estimate of drug-likeness (QED) is 0.301. The van der Waals surface area contributed by atoms with Gasteiger partial charge in [-0.3, -0.25) is 9.36 Å². The molecule has 3 atom stereocenters. The highest BCUT2D eigenvalue weighted by atomic mass is 35.5. The number of nitrogens with zero attached hydrogens (tertiary/aromatic N) is 4. The van der Waals surface area contributed by atoms with Gasteiger partial charge in [-0.1, -0.05) is 24.2 Å². The smallest absolute Gasteiger partial charge is 0.350 e. The van der Waals surface area contributed by atoms with Crippen molar-refractivity contribution in [3.05, 3.63) is 63.8 Å². The van der Waals surface area contributed by atoms with Crippen LogP contribution in [0.2, 0.25) is 5.02 Å². The van der Waals surface area contributed by atoms with Crippen LogP contribution in [0, 0.1) is 12.7 Å². The summed E-state index contributed by atoms with van der Waals surface area (Å²) in [6.07, 6.45) is 1.05. The number of carbonyl (C=O) groups excluding carboxylic acids is 1. The first-order chi connectivity index (χ1) is 19.1. The van der Waals surface area contributed by atoms with Gasteiger partial charge in [-0.15, -0.1) is 11.8 Å². The Morgan fingerprint density at radius 1 is 1.25 bits per heavy atom. The van der Waals surface area contributed by atoms with Crippen molar-refractivity contribution in [2.45, 2.75) is 50.4 Å². The van der Waals surface area contributed by atoms with Gasteiger partial charge in [0.05, 0.1) is 23.2 Å². The van der Waals surface area contributed by atoms with Crippen LogP contribution in [-0.4, -0.2) is 71.3 Å². The molecule has 0 N–H and O–H groups in total. The van der Waals surface area contributed by atoms with Gasteiger partial charge in [0.2, 0.25) is 5.91 Å². The Labute approximate surface area is 241 Å². The third kappa shape index (κ3) is 5.13. The first-order valence-electron chi connectivity index (χ1n) is 13.1. The first kappa shape index (κ1) is 28.6. The topological polar surface area (TPSA) is 76.9 Å². The van der Waals surface area contributed by atoms with Crippen molar-refractivity contribution in [3.63, 3.8) is 0 Å². The van der Waals surface area contributed by atoms with Gasteiger partial charge >= 0.3 is 5.69 Å². The van der Waals surface area contributed by atoms with E-state index in [-0.39, 0.29) is 41.6 Å². The van der Waals surface area contributed by atoms with Gasteiger partial charge in [-0.05, 0) is 56.2 Å². The maximum atomic E-state index is 14.1. The van der Waals surface area contributed by atoms with Crippen molar-refractivity contribution >= 4 is 46.0 Å². The zero-order valence-electron chi connectivity index (χ0n) is 22.9. The number of piperazine rings is 1. The van der Waals surface area contributed by atoms with Crippen molar-refractivity contribution in [2.75, 3.05) is 37.6 Å². The molecule has 2 aliphatic heterocycles. The van der Waals surface area contributed by atoms with Crippen LogP contribution in [0.3, 0.4) is 0 Å². The molecule has 1 amide bonds. The minimum Gasteiger partial charge on any atom is -0.359 e. The van der Waals surface area contributed by atoms with E-state index in [4.69, 9.17) is 21.1 Å². The normalized spacial score (nSPS) is 21.0. The summed E-state index contributed by atoms with van der Waals surface area (Å²) in [5, 5.41) is 0.874. The molecule has 40 heavy (non-hydrogen) atoms. The summed E-state index contributed by atoms with van der Waals surface area (Å²) in [7, 11) is 1.56. The van der Waals surface area contributed by atoms with Gasteiger partial charge < -0.3 is 19.3 Å². The number of rotatable bonds is 6. The van der Waals surface area contributed by atoms with E-state index < -0.39 is 5.82 Å². The Bertz CT molecular complexity index is 1530. The molecular weight excluding hydrogens is 555 g/mol. The highest BCUT2D eigenvalue weighted by molar-refractivity contribution is 7.99. The van der Waals surface area contributed by atoms with Gasteiger partial charge in [0.25, 0.3) is 0 Å². The number of amides is 1. The molecular formula is C29H32ClFN4O4S. The van der Waals surface area contributed by atoms with E-state index >= 15 is 0 Å². The fourth-order valence-corrected chi connectivity index (χ4v) is 7.33. The van der Waals surface area contributed by atoms with Crippen molar-refractivity contribution < 1.29 is 18.7 Å². The predicted molar refractivity (Wildman–Crippen MR) is 157 cm³/mol. The molecule has 0 unspecified atom stereocenters. The average Bonchev–Trinajstić information content (AvgIpc) is 3.11. The molecule has 212 valence electrons. The monoisotopic (exact) mass is 586 g/mol. The number of methoxy groups -OCH3 is 1. The number of thioether (sulfide) groups is 1. The maximum Gasteiger partial charge on any atom is 0.350 e. The molecule has 1 saturated heterocycles. The van der Waals surface area contributed by atoms with Crippen LogP contribution in [0.4, 0.5) is 10.2 Å².